The van der Waals surface area contributed by atoms with Gasteiger partial charge in [0.15, 0.2) is 0 Å². The number of rotatable bonds is 18. The molecule has 0 aromatic heterocycles. The monoisotopic (exact) mass is 1600 g/mol. The topological polar surface area (TPSA) is 24.9 Å². The van der Waals surface area contributed by atoms with Crippen LogP contribution >= 0.6 is 0 Å². The van der Waals surface area contributed by atoms with Crippen molar-refractivity contribution in [1.29, 1.82) is 0 Å². The van der Waals surface area contributed by atoms with Crippen LogP contribution in [0.4, 0.5) is 34.1 Å². The first-order chi connectivity index (χ1) is 62.4. The largest absolute Gasteiger partial charge is 0.456 e. The summed E-state index contributed by atoms with van der Waals surface area (Å²) in [5, 5.41) is 4.60. The van der Waals surface area contributed by atoms with Crippen molar-refractivity contribution in [2.45, 2.75) is 0 Å². The summed E-state index contributed by atoms with van der Waals surface area (Å²) in [6.45, 7) is 0. The summed E-state index contributed by atoms with van der Waals surface area (Å²) in [4.78, 5) is 4.88. The van der Waals surface area contributed by atoms with Crippen molar-refractivity contribution in [2.75, 3.05) is 9.80 Å². The smallest absolute Gasteiger partial charge is 0.135 e. The second-order valence-corrected chi connectivity index (χ2v) is 32.6. The van der Waals surface area contributed by atoms with Crippen LogP contribution in [0, 0.1) is 0 Å². The van der Waals surface area contributed by atoms with Crippen LogP contribution in [-0.4, -0.2) is 0 Å². The molecule has 0 atom stereocenters. The van der Waals surface area contributed by atoms with Crippen LogP contribution in [0.5, 0.6) is 23.0 Å². The SMILES string of the molecule is c1ccc(-c2ccc(-c3ccc(N(c4cccc(-c5ccc6c(c5)-c5cccc7cccc(c57)O6)c4)c4cc(-c5ccc(-c6ccc(-c7ccc(N(c8cccc(-c9ccc%10c(c9)-c9cccc%11cccc(c9%11)O%10)c8)c8ccccc8-c8ccc(-c9ccccc9)cc8)cc7)cc6)cc5)ccc4-c4ccccc4-c4ccccc4-c4ccccc4)cc3)cc2)cc1. The molecule has 0 aliphatic carbocycles. The fourth-order valence-corrected chi connectivity index (χ4v) is 18.8. The molecule has 0 bridgehead atoms. The van der Waals surface area contributed by atoms with Gasteiger partial charge in [0.25, 0.3) is 0 Å². The molecular weight excluding hydrogens is 1530 g/mol. The summed E-state index contributed by atoms with van der Waals surface area (Å²) in [6, 6.07) is 177. The van der Waals surface area contributed by atoms with Gasteiger partial charge in [0.1, 0.15) is 23.0 Å². The molecule has 0 saturated heterocycles. The molecule has 21 aromatic rings. The maximum Gasteiger partial charge on any atom is 0.135 e. The highest BCUT2D eigenvalue weighted by molar-refractivity contribution is 6.07. The predicted octanol–water partition coefficient (Wildman–Crippen LogP) is 34.5. The summed E-state index contributed by atoms with van der Waals surface area (Å²) < 4.78 is 13.3. The fourth-order valence-electron chi connectivity index (χ4n) is 18.8. The molecule has 0 amide bonds. The van der Waals surface area contributed by atoms with E-state index in [4.69, 9.17) is 9.47 Å². The van der Waals surface area contributed by atoms with E-state index in [9.17, 15) is 0 Å². The van der Waals surface area contributed by atoms with E-state index < -0.39 is 0 Å². The van der Waals surface area contributed by atoms with E-state index in [0.29, 0.717) is 0 Å². The van der Waals surface area contributed by atoms with Crippen molar-refractivity contribution >= 4 is 55.7 Å². The van der Waals surface area contributed by atoms with Crippen molar-refractivity contribution in [1.82, 2.24) is 0 Å². The Bertz CT molecular complexity index is 7690. The number of anilines is 6. The highest BCUT2D eigenvalue weighted by Gasteiger charge is 2.28. The molecule has 4 nitrogen and oxygen atoms in total. The molecule has 2 aliphatic heterocycles. The lowest BCUT2D eigenvalue weighted by molar-refractivity contribution is 0.487. The molecule has 0 fully saturated rings. The van der Waals surface area contributed by atoms with E-state index in [1.165, 1.54) is 44.3 Å². The van der Waals surface area contributed by atoms with Gasteiger partial charge in [0.05, 0.1) is 11.4 Å². The zero-order valence-corrected chi connectivity index (χ0v) is 68.9. The Labute approximate surface area is 734 Å². The number of hydrogen-bond donors (Lipinski definition) is 0. The molecule has 0 radical (unpaired) electrons. The molecule has 2 aliphatic rings. The fraction of sp³-hybridized carbons (Fsp3) is 0. The number of benzene rings is 21. The standard InChI is InChI=1S/C122H80N2O2/c1-4-22-81(23-5-1)83-46-48-87(49-47-83)90-64-71-102(72-65-90)124(104-35-17-33-97(77-104)99-68-75-118-114(79-99)112-42-19-29-95-31-21-45-120(126-118)122(95)112)116-80-100(66-73-110(116)109-40-13-12-39-108(109)107-38-11-10-36-105(107)92-26-8-3-9-27-92)91-56-54-86(55-57-91)85-50-52-88(53-51-85)89-62-69-101(70-63-89)123(115-43-15-14-37-106(115)93-60-58-84(59-61-93)82-24-6-2-7-25-82)103-34-16-32-96(76-103)98-67-74-117-113(78-98)111-41-18-28-94-30-20-44-119(125-117)121(94)111/h1-80H. The van der Waals surface area contributed by atoms with Gasteiger partial charge in [-0.15, -0.1) is 0 Å². The molecule has 2 heterocycles. The van der Waals surface area contributed by atoms with Gasteiger partial charge in [-0.3, -0.25) is 0 Å². The van der Waals surface area contributed by atoms with Crippen LogP contribution in [0.1, 0.15) is 0 Å². The molecule has 4 heteroatoms. The van der Waals surface area contributed by atoms with Gasteiger partial charge < -0.3 is 19.3 Å². The van der Waals surface area contributed by atoms with Crippen molar-refractivity contribution in [2.24, 2.45) is 0 Å². The average molecular weight is 1610 g/mol. The quantitative estimate of drug-likeness (QED) is 0.0855. The van der Waals surface area contributed by atoms with Crippen molar-refractivity contribution in [3.8, 4) is 179 Å². The lowest BCUT2D eigenvalue weighted by Crippen LogP contribution is -2.12. The Kier molecular flexibility index (Phi) is 18.9. The number of para-hydroxylation sites is 1. The molecule has 126 heavy (non-hydrogen) atoms. The van der Waals surface area contributed by atoms with Crippen LogP contribution in [0.15, 0.2) is 485 Å². The summed E-state index contributed by atoms with van der Waals surface area (Å²) in [5.41, 5.74) is 38.0. The van der Waals surface area contributed by atoms with Gasteiger partial charge in [-0.2, -0.15) is 0 Å². The van der Waals surface area contributed by atoms with Gasteiger partial charge >= 0.3 is 0 Å². The lowest BCUT2D eigenvalue weighted by atomic mass is 9.88. The maximum absolute atomic E-state index is 6.68. The highest BCUT2D eigenvalue weighted by atomic mass is 16.5. The maximum atomic E-state index is 6.68. The van der Waals surface area contributed by atoms with Crippen molar-refractivity contribution < 1.29 is 9.47 Å². The normalized spacial score (nSPS) is 11.6. The number of ether oxygens (including phenoxy) is 2. The minimum atomic E-state index is 0.850. The van der Waals surface area contributed by atoms with E-state index >= 15 is 0 Å². The highest BCUT2D eigenvalue weighted by Crippen LogP contribution is 2.53. The van der Waals surface area contributed by atoms with Crippen LogP contribution in [0.25, 0.3) is 177 Å². The number of hydrogen-bond acceptors (Lipinski definition) is 4. The first-order valence-corrected chi connectivity index (χ1v) is 43.1. The Balaban J connectivity index is 0.601. The molecule has 21 aromatic carbocycles. The van der Waals surface area contributed by atoms with Crippen LogP contribution in [0.3, 0.4) is 0 Å². The zero-order chi connectivity index (χ0) is 83.4. The summed E-state index contributed by atoms with van der Waals surface area (Å²) >= 11 is 0. The van der Waals surface area contributed by atoms with E-state index in [2.05, 4.69) is 495 Å². The van der Waals surface area contributed by atoms with Crippen molar-refractivity contribution in [3.63, 3.8) is 0 Å². The second-order valence-electron chi connectivity index (χ2n) is 32.6. The Morgan fingerprint density at radius 3 is 0.849 bits per heavy atom. The van der Waals surface area contributed by atoms with Gasteiger partial charge in [0.2, 0.25) is 0 Å². The first-order valence-electron chi connectivity index (χ1n) is 43.1. The molecule has 590 valence electrons. The van der Waals surface area contributed by atoms with Gasteiger partial charge in [-0.05, 0) is 241 Å². The average Bonchev–Trinajstić information content (AvgIpc) is 0.752. The van der Waals surface area contributed by atoms with Crippen LogP contribution < -0.4 is 19.3 Å². The third-order valence-electron chi connectivity index (χ3n) is 25.1. The van der Waals surface area contributed by atoms with Gasteiger partial charge in [-0.25, -0.2) is 0 Å². The molecule has 23 rings (SSSR count). The minimum Gasteiger partial charge on any atom is -0.456 e. The molecule has 0 saturated carbocycles. The van der Waals surface area contributed by atoms with Crippen LogP contribution in [0.2, 0.25) is 0 Å². The third-order valence-corrected chi connectivity index (χ3v) is 25.1. The Morgan fingerprint density at radius 1 is 0.127 bits per heavy atom. The Morgan fingerprint density at radius 2 is 0.405 bits per heavy atom. The summed E-state index contributed by atoms with van der Waals surface area (Å²) in [7, 11) is 0. The summed E-state index contributed by atoms with van der Waals surface area (Å²) in [5.74, 6) is 3.48. The number of nitrogens with zero attached hydrogens (tertiary/aromatic N) is 2. The second kappa shape index (κ2) is 32.1. The first kappa shape index (κ1) is 74.4. The molecule has 0 N–H and O–H groups in total. The molecular formula is C122H80N2O2. The minimum absolute atomic E-state index is 0.850. The van der Waals surface area contributed by atoms with E-state index in [1.54, 1.807) is 0 Å². The van der Waals surface area contributed by atoms with Gasteiger partial charge in [0, 0.05) is 55.8 Å². The summed E-state index contributed by atoms with van der Waals surface area (Å²) in [6.07, 6.45) is 0. The van der Waals surface area contributed by atoms with E-state index in [1.807, 2.05) is 0 Å². The van der Waals surface area contributed by atoms with Gasteiger partial charge in [-0.1, -0.05) is 388 Å². The predicted molar refractivity (Wildman–Crippen MR) is 527 cm³/mol. The third kappa shape index (κ3) is 13.9. The molecule has 0 unspecified atom stereocenters. The van der Waals surface area contributed by atoms with Crippen molar-refractivity contribution in [3.05, 3.63) is 485 Å². The zero-order valence-electron chi connectivity index (χ0n) is 68.9. The molecule has 0 spiro atoms. The van der Waals surface area contributed by atoms with E-state index in [-0.39, 0.29) is 0 Å². The number of fused-ring (bicyclic) bond motifs is 4. The van der Waals surface area contributed by atoms with Crippen LogP contribution in [-0.2, 0) is 0 Å². The lowest BCUT2D eigenvalue weighted by Gasteiger charge is -2.30. The Hall–Kier alpha value is -16.7. The van der Waals surface area contributed by atoms with E-state index in [0.717, 1.165) is 190 Å².